The molecule has 0 aliphatic carbocycles. The zero-order valence-electron chi connectivity index (χ0n) is 11.6. The van der Waals surface area contributed by atoms with Gasteiger partial charge < -0.3 is 9.47 Å². The third-order valence-corrected chi connectivity index (χ3v) is 2.87. The third-order valence-electron chi connectivity index (χ3n) is 2.87. The van der Waals surface area contributed by atoms with Gasteiger partial charge in [-0.2, -0.15) is 0 Å². The van der Waals surface area contributed by atoms with Gasteiger partial charge in [0.05, 0.1) is 12.7 Å². The number of methoxy groups -OCH3 is 1. The smallest absolute Gasteiger partial charge is 0.337 e. The van der Waals surface area contributed by atoms with Crippen molar-refractivity contribution in [3.63, 3.8) is 0 Å². The predicted molar refractivity (Wildman–Crippen MR) is 73.9 cm³/mol. The van der Waals surface area contributed by atoms with E-state index in [0.29, 0.717) is 17.1 Å². The highest BCUT2D eigenvalue weighted by Gasteiger charge is 2.23. The van der Waals surface area contributed by atoms with E-state index in [1.807, 2.05) is 0 Å². The normalized spacial score (nSPS) is 11.0. The number of hydrogen-bond acceptors (Lipinski definition) is 3. The average Bonchev–Trinajstić information content (AvgIpc) is 2.47. The van der Waals surface area contributed by atoms with Gasteiger partial charge in [-0.05, 0) is 48.5 Å². The van der Waals surface area contributed by atoms with Crippen molar-refractivity contribution in [2.45, 2.75) is 12.8 Å². The molecule has 21 heavy (non-hydrogen) atoms. The molecule has 3 nitrogen and oxygen atoms in total. The maximum Gasteiger partial charge on any atom is 0.337 e. The van der Waals surface area contributed by atoms with Gasteiger partial charge in [-0.1, -0.05) is 0 Å². The lowest BCUT2D eigenvalue weighted by atomic mass is 10.1. The Balaban J connectivity index is 2.10. The molecule has 0 aliphatic heterocycles. The van der Waals surface area contributed by atoms with Crippen LogP contribution in [-0.4, -0.2) is 13.1 Å². The van der Waals surface area contributed by atoms with E-state index in [1.54, 1.807) is 24.3 Å². The predicted octanol–water partition coefficient (Wildman–Crippen LogP) is 4.38. The molecule has 0 heterocycles. The molecule has 0 fully saturated rings. The maximum atomic E-state index is 13.1. The monoisotopic (exact) mass is 292 g/mol. The van der Waals surface area contributed by atoms with Crippen LogP contribution in [0.5, 0.6) is 11.5 Å². The van der Waals surface area contributed by atoms with Gasteiger partial charge in [-0.15, -0.1) is 0 Å². The number of alkyl halides is 2. The molecule has 2 rings (SSSR count). The number of carbonyl (C=O) groups is 1. The van der Waals surface area contributed by atoms with Gasteiger partial charge in [0.1, 0.15) is 11.5 Å². The summed E-state index contributed by atoms with van der Waals surface area (Å²) in [6, 6.07) is 11.9. The van der Waals surface area contributed by atoms with E-state index in [1.165, 1.54) is 31.4 Å². The number of hydrogen-bond donors (Lipinski definition) is 0. The number of halogens is 2. The Hall–Kier alpha value is -2.43. The molecular weight excluding hydrogens is 278 g/mol. The number of carbonyl (C=O) groups excluding carboxylic acids is 1. The fraction of sp³-hybridized carbons (Fsp3) is 0.188. The molecule has 0 saturated carbocycles. The largest absolute Gasteiger partial charge is 0.465 e. The van der Waals surface area contributed by atoms with E-state index in [9.17, 15) is 13.6 Å². The van der Waals surface area contributed by atoms with Crippen LogP contribution in [-0.2, 0) is 10.7 Å². The van der Waals surface area contributed by atoms with Crippen molar-refractivity contribution in [3.8, 4) is 11.5 Å². The standard InChI is InChI=1S/C16H14F2O3/c1-16(17,18)12-5-9-14(10-6-12)21-13-7-3-11(4-8-13)15(19)20-2/h3-10H,1-2H3. The van der Waals surface area contributed by atoms with Crippen molar-refractivity contribution in [1.82, 2.24) is 0 Å². The zero-order valence-corrected chi connectivity index (χ0v) is 11.6. The second-order valence-corrected chi connectivity index (χ2v) is 4.53. The Morgan fingerprint density at radius 2 is 1.43 bits per heavy atom. The summed E-state index contributed by atoms with van der Waals surface area (Å²) >= 11 is 0. The highest BCUT2D eigenvalue weighted by molar-refractivity contribution is 5.89. The minimum absolute atomic E-state index is 0.0733. The van der Waals surface area contributed by atoms with Crippen molar-refractivity contribution in [2.75, 3.05) is 7.11 Å². The Morgan fingerprint density at radius 1 is 0.952 bits per heavy atom. The molecule has 0 bridgehead atoms. The van der Waals surface area contributed by atoms with Crippen LogP contribution in [0.3, 0.4) is 0 Å². The van der Waals surface area contributed by atoms with Crippen LogP contribution in [0, 0.1) is 0 Å². The van der Waals surface area contributed by atoms with E-state index in [2.05, 4.69) is 4.74 Å². The molecule has 0 aromatic heterocycles. The minimum Gasteiger partial charge on any atom is -0.465 e. The van der Waals surface area contributed by atoms with Gasteiger partial charge >= 0.3 is 5.97 Å². The molecule has 110 valence electrons. The molecule has 0 amide bonds. The van der Waals surface area contributed by atoms with Crippen LogP contribution in [0.4, 0.5) is 8.78 Å². The minimum atomic E-state index is -2.87. The van der Waals surface area contributed by atoms with Crippen LogP contribution in [0.2, 0.25) is 0 Å². The molecule has 0 saturated heterocycles. The summed E-state index contributed by atoms with van der Waals surface area (Å²) < 4.78 is 36.3. The van der Waals surface area contributed by atoms with Crippen LogP contribution in [0.25, 0.3) is 0 Å². The highest BCUT2D eigenvalue weighted by Crippen LogP contribution is 2.29. The fourth-order valence-electron chi connectivity index (χ4n) is 1.73. The van der Waals surface area contributed by atoms with Gasteiger partial charge in [-0.25, -0.2) is 13.6 Å². The van der Waals surface area contributed by atoms with Crippen molar-refractivity contribution in [1.29, 1.82) is 0 Å². The van der Waals surface area contributed by atoms with E-state index >= 15 is 0 Å². The topological polar surface area (TPSA) is 35.5 Å². The van der Waals surface area contributed by atoms with E-state index in [0.717, 1.165) is 6.92 Å². The molecule has 0 spiro atoms. The molecular formula is C16H14F2O3. The third kappa shape index (κ3) is 3.78. The summed E-state index contributed by atoms with van der Waals surface area (Å²) in [5, 5.41) is 0. The Bertz CT molecular complexity index is 613. The molecule has 2 aromatic rings. The van der Waals surface area contributed by atoms with Crippen LogP contribution in [0.15, 0.2) is 48.5 Å². The van der Waals surface area contributed by atoms with Crippen LogP contribution >= 0.6 is 0 Å². The van der Waals surface area contributed by atoms with Gasteiger partial charge in [0.15, 0.2) is 0 Å². The van der Waals surface area contributed by atoms with Crippen LogP contribution in [0.1, 0.15) is 22.8 Å². The molecule has 0 atom stereocenters. The summed E-state index contributed by atoms with van der Waals surface area (Å²) in [4.78, 5) is 11.3. The van der Waals surface area contributed by atoms with E-state index in [-0.39, 0.29) is 5.56 Å². The molecule has 0 radical (unpaired) electrons. The summed E-state index contributed by atoms with van der Waals surface area (Å²) in [6.45, 7) is 0.842. The van der Waals surface area contributed by atoms with Gasteiger partial charge in [-0.3, -0.25) is 0 Å². The van der Waals surface area contributed by atoms with Crippen molar-refractivity contribution < 1.29 is 23.0 Å². The number of rotatable bonds is 4. The highest BCUT2D eigenvalue weighted by atomic mass is 19.3. The summed E-state index contributed by atoms with van der Waals surface area (Å²) in [5.41, 5.74) is 0.335. The Kier molecular flexibility index (Phi) is 4.21. The first kappa shape index (κ1) is 15.0. The molecule has 0 N–H and O–H groups in total. The fourth-order valence-corrected chi connectivity index (χ4v) is 1.73. The van der Waals surface area contributed by atoms with Gasteiger partial charge in [0, 0.05) is 12.5 Å². The van der Waals surface area contributed by atoms with Crippen molar-refractivity contribution in [2.24, 2.45) is 0 Å². The molecule has 5 heteroatoms. The second kappa shape index (κ2) is 5.91. The van der Waals surface area contributed by atoms with Gasteiger partial charge in [0.25, 0.3) is 5.92 Å². The lowest BCUT2D eigenvalue weighted by Gasteiger charge is -2.11. The zero-order chi connectivity index (χ0) is 15.5. The summed E-state index contributed by atoms with van der Waals surface area (Å²) in [6.07, 6.45) is 0. The van der Waals surface area contributed by atoms with E-state index < -0.39 is 11.9 Å². The van der Waals surface area contributed by atoms with Crippen molar-refractivity contribution in [3.05, 3.63) is 59.7 Å². The number of benzene rings is 2. The van der Waals surface area contributed by atoms with Crippen LogP contribution < -0.4 is 4.74 Å². The van der Waals surface area contributed by atoms with E-state index in [4.69, 9.17) is 4.74 Å². The maximum absolute atomic E-state index is 13.1. The summed E-state index contributed by atoms with van der Waals surface area (Å²) in [5.74, 6) is -2.37. The quantitative estimate of drug-likeness (QED) is 0.785. The Morgan fingerprint density at radius 3 is 1.86 bits per heavy atom. The first-order valence-corrected chi connectivity index (χ1v) is 6.25. The van der Waals surface area contributed by atoms with Crippen molar-refractivity contribution >= 4 is 5.97 Å². The number of esters is 1. The SMILES string of the molecule is COC(=O)c1ccc(Oc2ccc(C(C)(F)F)cc2)cc1. The first-order valence-electron chi connectivity index (χ1n) is 6.25. The van der Waals surface area contributed by atoms with Gasteiger partial charge in [0.2, 0.25) is 0 Å². The molecule has 2 aromatic carbocycles. The second-order valence-electron chi connectivity index (χ2n) is 4.53. The lowest BCUT2D eigenvalue weighted by molar-refractivity contribution is 0.0174. The Labute approximate surface area is 121 Å². The molecule has 0 aliphatic rings. The lowest BCUT2D eigenvalue weighted by Crippen LogP contribution is -2.06. The first-order chi connectivity index (χ1) is 9.90. The average molecular weight is 292 g/mol. The summed E-state index contributed by atoms with van der Waals surface area (Å²) in [7, 11) is 1.30. The molecule has 0 unspecified atom stereocenters. The number of ether oxygens (including phenoxy) is 2.